The molecule has 1 fully saturated rings. The quantitative estimate of drug-likeness (QED) is 0.646. The largest absolute Gasteiger partial charge is 0.379 e. The van der Waals surface area contributed by atoms with Crippen LogP contribution in [0.2, 0.25) is 0 Å². The first-order valence-electron chi connectivity index (χ1n) is 9.10. The van der Waals surface area contributed by atoms with Gasteiger partial charge in [-0.25, -0.2) is 0 Å². The summed E-state index contributed by atoms with van der Waals surface area (Å²) in [6.45, 7) is 7.66. The second-order valence-corrected chi connectivity index (χ2v) is 7.90. The summed E-state index contributed by atoms with van der Waals surface area (Å²) in [6, 6.07) is 7.22. The van der Waals surface area contributed by atoms with Crippen LogP contribution in [0.5, 0.6) is 0 Å². The predicted molar refractivity (Wildman–Crippen MR) is 108 cm³/mol. The number of thioether (sulfide) groups is 1. The monoisotopic (exact) mass is 379 g/mol. The van der Waals surface area contributed by atoms with Crippen molar-refractivity contribution in [3.8, 4) is 0 Å². The highest BCUT2D eigenvalue weighted by Gasteiger charge is 2.14. The molecule has 0 bridgehead atoms. The number of hydrogen-bond acceptors (Lipinski definition) is 5. The second-order valence-electron chi connectivity index (χ2n) is 6.80. The lowest BCUT2D eigenvalue weighted by atomic mass is 10.2. The zero-order valence-electron chi connectivity index (χ0n) is 15.6. The fourth-order valence-corrected chi connectivity index (χ4v) is 3.52. The Labute approximate surface area is 160 Å². The average Bonchev–Trinajstić information content (AvgIpc) is 2.61. The van der Waals surface area contributed by atoms with E-state index in [-0.39, 0.29) is 11.8 Å². The molecule has 1 aliphatic rings. The molecule has 0 aliphatic carbocycles. The van der Waals surface area contributed by atoms with Crippen LogP contribution in [0, 0.1) is 5.92 Å². The van der Waals surface area contributed by atoms with Crippen molar-refractivity contribution in [3.05, 3.63) is 24.3 Å². The van der Waals surface area contributed by atoms with Crippen molar-refractivity contribution in [3.63, 3.8) is 0 Å². The number of benzene rings is 1. The van der Waals surface area contributed by atoms with E-state index < -0.39 is 0 Å². The minimum absolute atomic E-state index is 0.00265. The Morgan fingerprint density at radius 3 is 2.23 bits per heavy atom. The van der Waals surface area contributed by atoms with E-state index in [1.165, 1.54) is 0 Å². The molecule has 1 saturated heterocycles. The first-order chi connectivity index (χ1) is 12.5. The standard InChI is InChI=1S/C19H29N3O3S/c1-15(2)7-12-26-14-19(24)21-17-5-3-16(4-6-17)20-18(23)13-22-8-10-25-11-9-22/h3-6,15H,7-14H2,1-2H3,(H,20,23)(H,21,24). The van der Waals surface area contributed by atoms with Gasteiger partial charge in [0.2, 0.25) is 11.8 Å². The number of carbonyl (C=O) groups excluding carboxylic acids is 2. The van der Waals surface area contributed by atoms with Gasteiger partial charge in [-0.3, -0.25) is 14.5 Å². The van der Waals surface area contributed by atoms with Gasteiger partial charge in [-0.2, -0.15) is 11.8 Å². The number of amides is 2. The number of hydrogen-bond donors (Lipinski definition) is 2. The van der Waals surface area contributed by atoms with E-state index in [4.69, 9.17) is 4.74 Å². The van der Waals surface area contributed by atoms with E-state index in [0.717, 1.165) is 36.6 Å². The molecule has 1 heterocycles. The fraction of sp³-hybridized carbons (Fsp3) is 0.579. The summed E-state index contributed by atoms with van der Waals surface area (Å²) >= 11 is 1.65. The molecule has 0 atom stereocenters. The highest BCUT2D eigenvalue weighted by molar-refractivity contribution is 7.99. The summed E-state index contributed by atoms with van der Waals surface area (Å²) < 4.78 is 5.28. The van der Waals surface area contributed by atoms with Gasteiger partial charge in [0.25, 0.3) is 0 Å². The van der Waals surface area contributed by atoms with Crippen molar-refractivity contribution < 1.29 is 14.3 Å². The van der Waals surface area contributed by atoms with E-state index in [0.29, 0.717) is 31.4 Å². The van der Waals surface area contributed by atoms with Gasteiger partial charge in [-0.1, -0.05) is 13.8 Å². The molecule has 144 valence electrons. The Kier molecular flexibility index (Phi) is 8.94. The molecule has 0 spiro atoms. The van der Waals surface area contributed by atoms with Crippen molar-refractivity contribution in [1.82, 2.24) is 4.90 Å². The van der Waals surface area contributed by atoms with Crippen molar-refractivity contribution in [1.29, 1.82) is 0 Å². The van der Waals surface area contributed by atoms with Crippen molar-refractivity contribution in [2.45, 2.75) is 20.3 Å². The Morgan fingerprint density at radius 2 is 1.65 bits per heavy atom. The Hall–Kier alpha value is -1.57. The summed E-state index contributed by atoms with van der Waals surface area (Å²) in [5.41, 5.74) is 1.47. The smallest absolute Gasteiger partial charge is 0.238 e. The van der Waals surface area contributed by atoms with Crippen LogP contribution in [0.25, 0.3) is 0 Å². The maximum absolute atomic E-state index is 12.1. The highest BCUT2D eigenvalue weighted by Crippen LogP contribution is 2.15. The number of anilines is 2. The SMILES string of the molecule is CC(C)CCSCC(=O)Nc1ccc(NC(=O)CN2CCOCC2)cc1. The fourth-order valence-electron chi connectivity index (χ4n) is 2.48. The molecule has 1 aliphatic heterocycles. The third-order valence-electron chi connectivity index (χ3n) is 4.00. The van der Waals surface area contributed by atoms with Gasteiger partial charge in [-0.15, -0.1) is 0 Å². The van der Waals surface area contributed by atoms with Crippen molar-refractivity contribution in [2.24, 2.45) is 5.92 Å². The number of nitrogens with zero attached hydrogens (tertiary/aromatic N) is 1. The van der Waals surface area contributed by atoms with Gasteiger partial charge in [0, 0.05) is 24.5 Å². The first-order valence-corrected chi connectivity index (χ1v) is 10.3. The van der Waals surface area contributed by atoms with Gasteiger partial charge in [-0.05, 0) is 42.4 Å². The average molecular weight is 380 g/mol. The molecular formula is C19H29N3O3S. The molecular weight excluding hydrogens is 350 g/mol. The minimum Gasteiger partial charge on any atom is -0.379 e. The van der Waals surface area contributed by atoms with Crippen LogP contribution in [0.1, 0.15) is 20.3 Å². The van der Waals surface area contributed by atoms with Crippen LogP contribution in [0.4, 0.5) is 11.4 Å². The van der Waals surface area contributed by atoms with Gasteiger partial charge in [0.1, 0.15) is 0 Å². The summed E-state index contributed by atoms with van der Waals surface area (Å²) in [7, 11) is 0. The van der Waals surface area contributed by atoms with Gasteiger partial charge in [0.15, 0.2) is 0 Å². The molecule has 6 nitrogen and oxygen atoms in total. The predicted octanol–water partition coefficient (Wildman–Crippen LogP) is 2.68. The highest BCUT2D eigenvalue weighted by atomic mass is 32.2. The normalized spacial score (nSPS) is 15.0. The topological polar surface area (TPSA) is 70.7 Å². The Balaban J connectivity index is 1.69. The molecule has 0 saturated carbocycles. The van der Waals surface area contributed by atoms with Crippen LogP contribution >= 0.6 is 11.8 Å². The van der Waals surface area contributed by atoms with E-state index in [1.54, 1.807) is 36.0 Å². The molecule has 0 unspecified atom stereocenters. The molecule has 26 heavy (non-hydrogen) atoms. The summed E-state index contributed by atoms with van der Waals surface area (Å²) in [5, 5.41) is 5.77. The molecule has 1 aromatic rings. The van der Waals surface area contributed by atoms with Crippen LogP contribution in [-0.2, 0) is 14.3 Å². The van der Waals surface area contributed by atoms with E-state index in [9.17, 15) is 9.59 Å². The maximum atomic E-state index is 12.1. The number of carbonyl (C=O) groups is 2. The first kappa shape index (κ1) is 20.7. The maximum Gasteiger partial charge on any atom is 0.238 e. The molecule has 2 amide bonds. The summed E-state index contributed by atoms with van der Waals surface area (Å²) in [5.74, 6) is 2.09. The Bertz CT molecular complexity index is 572. The molecule has 0 aromatic heterocycles. The lowest BCUT2D eigenvalue weighted by Crippen LogP contribution is -2.41. The molecule has 2 N–H and O–H groups in total. The van der Waals surface area contributed by atoms with Gasteiger partial charge < -0.3 is 15.4 Å². The molecule has 1 aromatic carbocycles. The van der Waals surface area contributed by atoms with Crippen molar-refractivity contribution >= 4 is 35.0 Å². The van der Waals surface area contributed by atoms with E-state index >= 15 is 0 Å². The molecule has 0 radical (unpaired) electrons. The third-order valence-corrected chi connectivity index (χ3v) is 4.99. The number of ether oxygens (including phenoxy) is 1. The number of nitrogens with one attached hydrogen (secondary N) is 2. The minimum atomic E-state index is -0.0368. The molecule has 7 heteroatoms. The van der Waals surface area contributed by atoms with Crippen LogP contribution < -0.4 is 10.6 Å². The second kappa shape index (κ2) is 11.2. The molecule has 2 rings (SSSR count). The lowest BCUT2D eigenvalue weighted by molar-refractivity contribution is -0.118. The Morgan fingerprint density at radius 1 is 1.08 bits per heavy atom. The van der Waals surface area contributed by atoms with E-state index in [1.807, 2.05) is 0 Å². The number of rotatable bonds is 9. The van der Waals surface area contributed by atoms with Crippen LogP contribution in [0.3, 0.4) is 0 Å². The zero-order valence-corrected chi connectivity index (χ0v) is 16.4. The van der Waals surface area contributed by atoms with Crippen LogP contribution in [-0.4, -0.2) is 61.1 Å². The zero-order chi connectivity index (χ0) is 18.8. The van der Waals surface area contributed by atoms with Crippen molar-refractivity contribution in [2.75, 3.05) is 55.0 Å². The summed E-state index contributed by atoms with van der Waals surface area (Å²) in [6.07, 6.45) is 1.12. The van der Waals surface area contributed by atoms with Crippen LogP contribution in [0.15, 0.2) is 24.3 Å². The van der Waals surface area contributed by atoms with E-state index in [2.05, 4.69) is 29.4 Å². The summed E-state index contributed by atoms with van der Waals surface area (Å²) in [4.78, 5) is 26.1. The number of morpholine rings is 1. The van der Waals surface area contributed by atoms with Gasteiger partial charge in [0.05, 0.1) is 25.5 Å². The van der Waals surface area contributed by atoms with Gasteiger partial charge >= 0.3 is 0 Å². The lowest BCUT2D eigenvalue weighted by Gasteiger charge is -2.25. The third kappa shape index (κ3) is 8.21.